The lowest BCUT2D eigenvalue weighted by Crippen LogP contribution is -2.44. The lowest BCUT2D eigenvalue weighted by molar-refractivity contribution is -0.125. The Morgan fingerprint density at radius 2 is 1.73 bits per heavy atom. The molecule has 0 bridgehead atoms. The second-order valence-corrected chi connectivity index (χ2v) is 9.28. The Labute approximate surface area is 201 Å². The van der Waals surface area contributed by atoms with Crippen molar-refractivity contribution in [3.8, 4) is 0 Å². The van der Waals surface area contributed by atoms with E-state index in [0.717, 1.165) is 27.1 Å². The van der Waals surface area contributed by atoms with E-state index in [1.807, 2.05) is 73.8 Å². The third-order valence-electron chi connectivity index (χ3n) is 5.89. The third-order valence-corrected chi connectivity index (χ3v) is 7.37. The molecule has 4 aromatic rings. The maximum atomic E-state index is 13.8. The summed E-state index contributed by atoms with van der Waals surface area (Å²) in [5, 5.41) is 5.36. The van der Waals surface area contributed by atoms with E-state index in [-0.39, 0.29) is 17.6 Å². The van der Waals surface area contributed by atoms with Crippen molar-refractivity contribution < 1.29 is 9.59 Å². The van der Waals surface area contributed by atoms with Crippen LogP contribution >= 0.6 is 23.4 Å². The highest BCUT2D eigenvalue weighted by atomic mass is 35.5. The summed E-state index contributed by atoms with van der Waals surface area (Å²) in [4.78, 5) is 28.8. The van der Waals surface area contributed by atoms with Crippen molar-refractivity contribution >= 4 is 51.8 Å². The molecule has 0 saturated heterocycles. The van der Waals surface area contributed by atoms with Gasteiger partial charge in [0.25, 0.3) is 0 Å². The number of rotatable bonds is 4. The van der Waals surface area contributed by atoms with Gasteiger partial charge in [0.15, 0.2) is 0 Å². The first-order valence-corrected chi connectivity index (χ1v) is 12.0. The fourth-order valence-electron chi connectivity index (χ4n) is 4.36. The fourth-order valence-corrected chi connectivity index (χ4v) is 5.66. The number of amides is 2. The van der Waals surface area contributed by atoms with Crippen LogP contribution in [0.1, 0.15) is 17.2 Å². The second kappa shape index (κ2) is 8.96. The van der Waals surface area contributed by atoms with Gasteiger partial charge in [-0.1, -0.05) is 84.0 Å². The van der Waals surface area contributed by atoms with Crippen LogP contribution in [0.5, 0.6) is 0 Å². The molecule has 166 valence electrons. The minimum atomic E-state index is -0.850. The Bertz CT molecular complexity index is 1350. The van der Waals surface area contributed by atoms with Crippen molar-refractivity contribution in [2.45, 2.75) is 17.6 Å². The van der Waals surface area contributed by atoms with E-state index >= 15 is 0 Å². The first-order valence-electron chi connectivity index (χ1n) is 10.6. The average molecular weight is 476 g/mol. The van der Waals surface area contributed by atoms with E-state index in [2.05, 4.69) is 9.88 Å². The highest BCUT2D eigenvalue weighted by Crippen LogP contribution is 2.44. The molecular weight excluding hydrogens is 454 g/mol. The summed E-state index contributed by atoms with van der Waals surface area (Å²) in [6, 6.07) is 24.0. The molecule has 0 aliphatic carbocycles. The molecule has 1 unspecified atom stereocenters. The van der Waals surface area contributed by atoms with Gasteiger partial charge in [-0.15, -0.1) is 0 Å². The van der Waals surface area contributed by atoms with Crippen LogP contribution in [0.15, 0.2) is 83.9 Å². The molecule has 1 N–H and O–H groups in total. The molecule has 1 aliphatic heterocycles. The molecule has 0 fully saturated rings. The average Bonchev–Trinajstić information content (AvgIpc) is 3.02. The molecule has 0 spiro atoms. The first-order chi connectivity index (χ1) is 16.1. The molecule has 1 aromatic heterocycles. The molecule has 3 aromatic carbocycles. The number of aromatic nitrogens is 1. The van der Waals surface area contributed by atoms with Crippen molar-refractivity contribution in [3.63, 3.8) is 0 Å². The highest BCUT2D eigenvalue weighted by molar-refractivity contribution is 8.00. The molecule has 33 heavy (non-hydrogen) atoms. The number of benzene rings is 3. The normalized spacial score (nSPS) is 15.9. The van der Waals surface area contributed by atoms with E-state index in [1.165, 1.54) is 11.8 Å². The number of anilines is 1. The molecule has 5 nitrogen and oxygen atoms in total. The molecule has 2 heterocycles. The number of nitrogens with zero attached hydrogens (tertiary/aromatic N) is 2. The van der Waals surface area contributed by atoms with Crippen LogP contribution in [0.4, 0.5) is 5.69 Å². The van der Waals surface area contributed by atoms with Crippen LogP contribution < -0.4 is 10.2 Å². The monoisotopic (exact) mass is 475 g/mol. The molecule has 5 rings (SSSR count). The number of aryl methyl sites for hydroxylation is 1. The van der Waals surface area contributed by atoms with Gasteiger partial charge in [-0.2, -0.15) is 0 Å². The van der Waals surface area contributed by atoms with Gasteiger partial charge in [-0.05, 0) is 23.8 Å². The van der Waals surface area contributed by atoms with Gasteiger partial charge >= 0.3 is 0 Å². The quantitative estimate of drug-likeness (QED) is 0.434. The lowest BCUT2D eigenvalue weighted by Gasteiger charge is -2.30. The number of nitrogens with one attached hydrogen (secondary N) is 1. The van der Waals surface area contributed by atoms with Crippen LogP contribution in [0.3, 0.4) is 0 Å². The van der Waals surface area contributed by atoms with Gasteiger partial charge in [-0.3, -0.25) is 14.5 Å². The van der Waals surface area contributed by atoms with Crippen molar-refractivity contribution in [2.75, 3.05) is 10.7 Å². The van der Waals surface area contributed by atoms with Gasteiger partial charge in [-0.25, -0.2) is 0 Å². The standard InChI is InChI=1S/C26H22ClN3O2S/c1-29-20-13-7-5-11-18(20)23-24(25(32)28-15-17-9-3-2-4-10-17)30(22(31)16-33-26(23)29)21-14-8-6-12-19(21)27/h2-14,24H,15-16H2,1H3,(H,28,32). The summed E-state index contributed by atoms with van der Waals surface area (Å²) < 4.78 is 2.07. The molecule has 0 saturated carbocycles. The number of para-hydroxylation sites is 2. The predicted molar refractivity (Wildman–Crippen MR) is 134 cm³/mol. The van der Waals surface area contributed by atoms with Crippen LogP contribution in [0.2, 0.25) is 5.02 Å². The first kappa shape index (κ1) is 21.6. The Balaban J connectivity index is 1.67. The highest BCUT2D eigenvalue weighted by Gasteiger charge is 2.40. The Morgan fingerprint density at radius 3 is 2.52 bits per heavy atom. The molecule has 1 atom stereocenters. The third kappa shape index (κ3) is 3.90. The molecule has 0 radical (unpaired) electrons. The van der Waals surface area contributed by atoms with Gasteiger partial charge in [0.2, 0.25) is 11.8 Å². The van der Waals surface area contributed by atoms with E-state index in [4.69, 9.17) is 11.6 Å². The van der Waals surface area contributed by atoms with E-state index < -0.39 is 6.04 Å². The molecule has 2 amide bonds. The SMILES string of the molecule is Cn1c2c(c3ccccc31)C(C(=O)NCc1ccccc1)N(c1ccccc1Cl)C(=O)CS2. The maximum absolute atomic E-state index is 13.8. The summed E-state index contributed by atoms with van der Waals surface area (Å²) in [5.74, 6) is -0.189. The Morgan fingerprint density at radius 1 is 1.03 bits per heavy atom. The van der Waals surface area contributed by atoms with E-state index in [1.54, 1.807) is 17.0 Å². The number of carbonyl (C=O) groups is 2. The van der Waals surface area contributed by atoms with Gasteiger partial charge in [0.1, 0.15) is 6.04 Å². The van der Waals surface area contributed by atoms with Crippen LogP contribution in [0, 0.1) is 0 Å². The fraction of sp³-hybridized carbons (Fsp3) is 0.154. The number of fused-ring (bicyclic) bond motifs is 3. The number of carbonyl (C=O) groups excluding carboxylic acids is 2. The van der Waals surface area contributed by atoms with Crippen molar-refractivity contribution in [1.29, 1.82) is 0 Å². The zero-order valence-electron chi connectivity index (χ0n) is 18.0. The van der Waals surface area contributed by atoms with E-state index in [0.29, 0.717) is 17.3 Å². The second-order valence-electron chi connectivity index (χ2n) is 7.90. The van der Waals surface area contributed by atoms with Crippen LogP contribution in [0.25, 0.3) is 10.9 Å². The summed E-state index contributed by atoms with van der Waals surface area (Å²) >= 11 is 7.99. The minimum absolute atomic E-state index is 0.159. The number of thioether (sulfide) groups is 1. The van der Waals surface area contributed by atoms with Gasteiger partial charge in [0, 0.05) is 30.1 Å². The summed E-state index contributed by atoms with van der Waals surface area (Å²) in [7, 11) is 1.97. The molecule has 1 aliphatic rings. The molecule has 7 heteroatoms. The van der Waals surface area contributed by atoms with Crippen LogP contribution in [-0.4, -0.2) is 22.1 Å². The van der Waals surface area contributed by atoms with Crippen molar-refractivity contribution in [3.05, 3.63) is 95.0 Å². The summed E-state index contributed by atoms with van der Waals surface area (Å²) in [5.41, 5.74) is 3.37. The van der Waals surface area contributed by atoms with Crippen LogP contribution in [-0.2, 0) is 23.2 Å². The maximum Gasteiger partial charge on any atom is 0.248 e. The zero-order chi connectivity index (χ0) is 22.9. The number of hydrogen-bond acceptors (Lipinski definition) is 3. The van der Waals surface area contributed by atoms with E-state index in [9.17, 15) is 9.59 Å². The predicted octanol–water partition coefficient (Wildman–Crippen LogP) is 5.33. The van der Waals surface area contributed by atoms with Gasteiger partial charge < -0.3 is 9.88 Å². The topological polar surface area (TPSA) is 54.3 Å². The smallest absolute Gasteiger partial charge is 0.248 e. The zero-order valence-corrected chi connectivity index (χ0v) is 19.6. The lowest BCUT2D eigenvalue weighted by atomic mass is 10.0. The summed E-state index contributed by atoms with van der Waals surface area (Å²) in [6.45, 7) is 0.369. The Kier molecular flexibility index (Phi) is 5.87. The van der Waals surface area contributed by atoms with Crippen molar-refractivity contribution in [2.24, 2.45) is 7.05 Å². The summed E-state index contributed by atoms with van der Waals surface area (Å²) in [6.07, 6.45) is 0. The number of hydrogen-bond donors (Lipinski definition) is 1. The van der Waals surface area contributed by atoms with Crippen molar-refractivity contribution in [1.82, 2.24) is 9.88 Å². The largest absolute Gasteiger partial charge is 0.350 e. The Hall–Kier alpha value is -3.22. The number of halogens is 1. The molecular formula is C26H22ClN3O2S. The van der Waals surface area contributed by atoms with Gasteiger partial charge in [0.05, 0.1) is 21.5 Å². The minimum Gasteiger partial charge on any atom is -0.350 e.